The van der Waals surface area contributed by atoms with Crippen LogP contribution in [0.3, 0.4) is 0 Å². The average molecular weight is 348 g/mol. The average Bonchev–Trinajstić information content (AvgIpc) is 2.49. The van der Waals surface area contributed by atoms with Gasteiger partial charge < -0.3 is 10.1 Å². The first kappa shape index (κ1) is 17.8. The Morgan fingerprint density at radius 1 is 1.04 bits per heavy atom. The van der Waals surface area contributed by atoms with Crippen molar-refractivity contribution < 1.29 is 17.9 Å². The maximum Gasteiger partial charge on any atom is 0.261 e. The SMILES string of the molecule is COc1ccc(S(=O)(=O)Nc2ccc(C)cc2C)cc1NC(C)=O. The fraction of sp³-hybridized carbons (Fsp3) is 0.235. The van der Waals surface area contributed by atoms with Crippen molar-refractivity contribution in [3.8, 4) is 5.75 Å². The number of sulfonamides is 1. The van der Waals surface area contributed by atoms with Crippen LogP contribution in [0.4, 0.5) is 11.4 Å². The third kappa shape index (κ3) is 4.05. The number of hydrogen-bond acceptors (Lipinski definition) is 4. The molecule has 0 fully saturated rings. The fourth-order valence-corrected chi connectivity index (χ4v) is 3.43. The van der Waals surface area contributed by atoms with Crippen molar-refractivity contribution in [2.75, 3.05) is 17.1 Å². The minimum absolute atomic E-state index is 0.0343. The molecule has 6 nitrogen and oxygen atoms in total. The molecule has 24 heavy (non-hydrogen) atoms. The molecule has 7 heteroatoms. The van der Waals surface area contributed by atoms with Crippen LogP contribution in [0.25, 0.3) is 0 Å². The predicted molar refractivity (Wildman–Crippen MR) is 94.0 cm³/mol. The van der Waals surface area contributed by atoms with E-state index in [0.717, 1.165) is 11.1 Å². The van der Waals surface area contributed by atoms with Crippen LogP contribution in [-0.4, -0.2) is 21.4 Å². The van der Waals surface area contributed by atoms with Crippen molar-refractivity contribution in [1.82, 2.24) is 0 Å². The number of methoxy groups -OCH3 is 1. The summed E-state index contributed by atoms with van der Waals surface area (Å²) in [5.41, 5.74) is 2.69. The highest BCUT2D eigenvalue weighted by Crippen LogP contribution is 2.29. The Hall–Kier alpha value is -2.54. The molecule has 0 saturated carbocycles. The number of aryl methyl sites for hydroxylation is 2. The molecular formula is C17H20N2O4S. The molecule has 0 aliphatic heterocycles. The highest BCUT2D eigenvalue weighted by molar-refractivity contribution is 7.92. The van der Waals surface area contributed by atoms with Gasteiger partial charge in [0.1, 0.15) is 5.75 Å². The monoisotopic (exact) mass is 348 g/mol. The van der Waals surface area contributed by atoms with Crippen molar-refractivity contribution in [1.29, 1.82) is 0 Å². The summed E-state index contributed by atoms with van der Waals surface area (Å²) >= 11 is 0. The Balaban J connectivity index is 2.40. The number of amides is 1. The van der Waals surface area contributed by atoms with Gasteiger partial charge in [-0.15, -0.1) is 0 Å². The molecule has 1 amide bonds. The maximum absolute atomic E-state index is 12.6. The molecule has 0 atom stereocenters. The highest BCUT2D eigenvalue weighted by Gasteiger charge is 2.18. The summed E-state index contributed by atoms with van der Waals surface area (Å²) in [6, 6.07) is 9.75. The minimum atomic E-state index is -3.79. The Bertz CT molecular complexity index is 876. The lowest BCUT2D eigenvalue weighted by atomic mass is 10.1. The van der Waals surface area contributed by atoms with E-state index < -0.39 is 10.0 Å². The Morgan fingerprint density at radius 2 is 1.75 bits per heavy atom. The zero-order valence-electron chi connectivity index (χ0n) is 14.0. The van der Waals surface area contributed by atoms with E-state index >= 15 is 0 Å². The first-order valence-corrected chi connectivity index (χ1v) is 8.77. The number of ether oxygens (including phenoxy) is 1. The predicted octanol–water partition coefficient (Wildman–Crippen LogP) is 3.07. The lowest BCUT2D eigenvalue weighted by Crippen LogP contribution is -2.15. The van der Waals surface area contributed by atoms with Gasteiger partial charge in [0.25, 0.3) is 10.0 Å². The van der Waals surface area contributed by atoms with Crippen molar-refractivity contribution in [3.63, 3.8) is 0 Å². The number of carbonyl (C=O) groups excluding carboxylic acids is 1. The molecule has 0 saturated heterocycles. The third-order valence-electron chi connectivity index (χ3n) is 3.42. The minimum Gasteiger partial charge on any atom is -0.495 e. The van der Waals surface area contributed by atoms with Crippen LogP contribution in [0.5, 0.6) is 5.75 Å². The van der Waals surface area contributed by atoms with Gasteiger partial charge in [0.15, 0.2) is 0 Å². The van der Waals surface area contributed by atoms with Crippen LogP contribution in [0.15, 0.2) is 41.3 Å². The fourth-order valence-electron chi connectivity index (χ4n) is 2.27. The first-order chi connectivity index (χ1) is 11.2. The van der Waals surface area contributed by atoms with Crippen molar-refractivity contribution in [2.45, 2.75) is 25.7 Å². The van der Waals surface area contributed by atoms with Crippen molar-refractivity contribution in [2.24, 2.45) is 0 Å². The van der Waals surface area contributed by atoms with Gasteiger partial charge in [-0.05, 0) is 43.7 Å². The summed E-state index contributed by atoms with van der Waals surface area (Å²) in [7, 11) is -2.34. The second-order valence-corrected chi connectivity index (χ2v) is 7.15. The highest BCUT2D eigenvalue weighted by atomic mass is 32.2. The van der Waals surface area contributed by atoms with E-state index in [-0.39, 0.29) is 10.8 Å². The molecule has 2 aromatic rings. The number of rotatable bonds is 5. The maximum atomic E-state index is 12.6. The smallest absolute Gasteiger partial charge is 0.261 e. The Labute approximate surface area is 141 Å². The zero-order valence-corrected chi connectivity index (χ0v) is 14.8. The van der Waals surface area contributed by atoms with Gasteiger partial charge in [-0.25, -0.2) is 8.42 Å². The molecule has 0 aliphatic rings. The van der Waals surface area contributed by atoms with Crippen LogP contribution in [-0.2, 0) is 14.8 Å². The summed E-state index contributed by atoms with van der Waals surface area (Å²) in [4.78, 5) is 11.3. The normalized spacial score (nSPS) is 11.0. The molecule has 2 aromatic carbocycles. The second kappa shape index (κ2) is 6.92. The van der Waals surface area contributed by atoms with Gasteiger partial charge in [-0.3, -0.25) is 9.52 Å². The van der Waals surface area contributed by atoms with Crippen molar-refractivity contribution >= 4 is 27.3 Å². The van der Waals surface area contributed by atoms with Crippen LogP contribution < -0.4 is 14.8 Å². The van der Waals surface area contributed by atoms with Gasteiger partial charge in [-0.2, -0.15) is 0 Å². The number of benzene rings is 2. The Kier molecular flexibility index (Phi) is 5.14. The van der Waals surface area contributed by atoms with E-state index in [9.17, 15) is 13.2 Å². The third-order valence-corrected chi connectivity index (χ3v) is 4.78. The lowest BCUT2D eigenvalue weighted by molar-refractivity contribution is -0.114. The van der Waals surface area contributed by atoms with Crippen LogP contribution >= 0.6 is 0 Å². The molecule has 128 valence electrons. The van der Waals surface area contributed by atoms with Crippen molar-refractivity contribution in [3.05, 3.63) is 47.5 Å². The molecule has 0 unspecified atom stereocenters. The van der Waals surface area contributed by atoms with E-state index in [1.54, 1.807) is 6.07 Å². The number of nitrogens with one attached hydrogen (secondary N) is 2. The molecular weight excluding hydrogens is 328 g/mol. The summed E-state index contributed by atoms with van der Waals surface area (Å²) in [6.07, 6.45) is 0. The van der Waals surface area contributed by atoms with Gasteiger partial charge in [0.05, 0.1) is 23.4 Å². The summed E-state index contributed by atoms with van der Waals surface area (Å²) in [5.74, 6) is 0.0702. The Morgan fingerprint density at radius 3 is 2.33 bits per heavy atom. The van der Waals surface area contributed by atoms with E-state index in [0.29, 0.717) is 17.1 Å². The zero-order chi connectivity index (χ0) is 17.9. The molecule has 0 radical (unpaired) electrons. The van der Waals surface area contributed by atoms with E-state index in [1.165, 1.54) is 32.2 Å². The number of hydrogen-bond donors (Lipinski definition) is 2. The van der Waals surface area contributed by atoms with Gasteiger partial charge in [0, 0.05) is 6.92 Å². The lowest BCUT2D eigenvalue weighted by Gasteiger charge is -2.14. The topological polar surface area (TPSA) is 84.5 Å². The molecule has 2 N–H and O–H groups in total. The van der Waals surface area contributed by atoms with Crippen LogP contribution in [0.2, 0.25) is 0 Å². The van der Waals surface area contributed by atoms with Gasteiger partial charge in [-0.1, -0.05) is 17.7 Å². The summed E-state index contributed by atoms with van der Waals surface area (Å²) in [5, 5.41) is 2.56. The first-order valence-electron chi connectivity index (χ1n) is 7.28. The second-order valence-electron chi connectivity index (χ2n) is 5.47. The molecule has 0 heterocycles. The van der Waals surface area contributed by atoms with E-state index in [4.69, 9.17) is 4.74 Å². The molecule has 0 bridgehead atoms. The number of carbonyl (C=O) groups is 1. The molecule has 0 spiro atoms. The molecule has 0 aliphatic carbocycles. The summed E-state index contributed by atoms with van der Waals surface area (Å²) in [6.45, 7) is 5.12. The van der Waals surface area contributed by atoms with E-state index in [1.807, 2.05) is 26.0 Å². The standard InChI is InChI=1S/C17H20N2O4S/c1-11-5-7-15(12(2)9-11)19-24(21,22)14-6-8-17(23-4)16(10-14)18-13(3)20/h5-10,19H,1-4H3,(H,18,20). The largest absolute Gasteiger partial charge is 0.495 e. The van der Waals surface area contributed by atoms with Gasteiger partial charge in [0.2, 0.25) is 5.91 Å². The van der Waals surface area contributed by atoms with Crippen LogP contribution in [0.1, 0.15) is 18.1 Å². The quantitative estimate of drug-likeness (QED) is 0.870. The van der Waals surface area contributed by atoms with Crippen LogP contribution in [0, 0.1) is 13.8 Å². The van der Waals surface area contributed by atoms with E-state index in [2.05, 4.69) is 10.0 Å². The molecule has 0 aromatic heterocycles. The van der Waals surface area contributed by atoms with Gasteiger partial charge >= 0.3 is 0 Å². The number of anilines is 2. The summed E-state index contributed by atoms with van der Waals surface area (Å²) < 4.78 is 32.9. The molecule has 2 rings (SSSR count).